The van der Waals surface area contributed by atoms with Gasteiger partial charge in [-0.3, -0.25) is 9.69 Å². The molecule has 4 nitrogen and oxygen atoms in total. The zero-order valence-corrected chi connectivity index (χ0v) is 18.3. The smallest absolute Gasteiger partial charge is 0.238 e. The molecule has 0 saturated heterocycles. The zero-order chi connectivity index (χ0) is 21.4. The minimum absolute atomic E-state index is 0.0158. The lowest BCUT2D eigenvalue weighted by Crippen LogP contribution is -2.34. The number of hydrogen-bond donors (Lipinski definition) is 1. The fourth-order valence-electron chi connectivity index (χ4n) is 3.55. The maximum Gasteiger partial charge on any atom is 0.238 e. The highest BCUT2D eigenvalue weighted by Crippen LogP contribution is 2.32. The molecule has 0 bridgehead atoms. The first-order chi connectivity index (χ1) is 13.8. The van der Waals surface area contributed by atoms with Crippen molar-refractivity contribution >= 4 is 11.6 Å². The fourth-order valence-corrected chi connectivity index (χ4v) is 3.55. The van der Waals surface area contributed by atoms with Gasteiger partial charge in [-0.05, 0) is 53.6 Å². The standard InChI is InChI=1S/C25H33N3O/c1-6-14-28(16-21-12-10-20(15-26)11-13-21)17-24(29)27-25-22(18(2)3)8-7-9-23(25)19(4)5/h7-13,18-19H,6,14,16-17H2,1-5H3,(H,27,29). The van der Waals surface area contributed by atoms with E-state index in [1.807, 2.05) is 24.3 Å². The van der Waals surface area contributed by atoms with Gasteiger partial charge in [0.25, 0.3) is 0 Å². The van der Waals surface area contributed by atoms with Gasteiger partial charge in [-0.2, -0.15) is 5.26 Å². The molecular weight excluding hydrogens is 358 g/mol. The van der Waals surface area contributed by atoms with E-state index in [9.17, 15) is 4.79 Å². The van der Waals surface area contributed by atoms with Crippen molar-refractivity contribution < 1.29 is 4.79 Å². The minimum atomic E-state index is 0.0158. The van der Waals surface area contributed by atoms with Gasteiger partial charge < -0.3 is 5.32 Å². The molecule has 1 amide bonds. The van der Waals surface area contributed by atoms with E-state index in [0.29, 0.717) is 30.5 Å². The van der Waals surface area contributed by atoms with Gasteiger partial charge in [-0.1, -0.05) is 65.0 Å². The van der Waals surface area contributed by atoms with E-state index in [2.05, 4.69) is 69.1 Å². The molecule has 154 valence electrons. The molecule has 0 aliphatic rings. The molecule has 0 radical (unpaired) electrons. The largest absolute Gasteiger partial charge is 0.324 e. The van der Waals surface area contributed by atoms with Crippen molar-refractivity contribution in [2.24, 2.45) is 0 Å². The summed E-state index contributed by atoms with van der Waals surface area (Å²) >= 11 is 0. The van der Waals surface area contributed by atoms with Crippen LogP contribution in [0, 0.1) is 11.3 Å². The zero-order valence-electron chi connectivity index (χ0n) is 18.3. The third kappa shape index (κ3) is 6.44. The summed E-state index contributed by atoms with van der Waals surface area (Å²) in [6.45, 7) is 12.6. The second-order valence-electron chi connectivity index (χ2n) is 8.19. The van der Waals surface area contributed by atoms with E-state index in [1.165, 1.54) is 11.1 Å². The second-order valence-corrected chi connectivity index (χ2v) is 8.19. The summed E-state index contributed by atoms with van der Waals surface area (Å²) in [6, 6.07) is 16.0. The van der Waals surface area contributed by atoms with Gasteiger partial charge >= 0.3 is 0 Å². The molecule has 0 saturated carbocycles. The molecule has 4 heteroatoms. The molecule has 0 unspecified atom stereocenters. The van der Waals surface area contributed by atoms with Crippen LogP contribution in [0.1, 0.15) is 75.1 Å². The summed E-state index contributed by atoms with van der Waals surface area (Å²) in [6.07, 6.45) is 0.976. The van der Waals surface area contributed by atoms with Gasteiger partial charge in [0.15, 0.2) is 0 Å². The van der Waals surface area contributed by atoms with Crippen LogP contribution in [0.2, 0.25) is 0 Å². The number of hydrogen-bond acceptors (Lipinski definition) is 3. The quantitative estimate of drug-likeness (QED) is 0.600. The van der Waals surface area contributed by atoms with Crippen LogP contribution in [-0.2, 0) is 11.3 Å². The number of amides is 1. The summed E-state index contributed by atoms with van der Waals surface area (Å²) in [7, 11) is 0. The maximum atomic E-state index is 12.9. The number of carbonyl (C=O) groups excluding carboxylic acids is 1. The summed E-state index contributed by atoms with van der Waals surface area (Å²) in [4.78, 5) is 15.1. The number of rotatable bonds is 9. The van der Waals surface area contributed by atoms with Crippen molar-refractivity contribution in [2.45, 2.75) is 59.4 Å². The van der Waals surface area contributed by atoms with Crippen LogP contribution in [0.25, 0.3) is 0 Å². The van der Waals surface area contributed by atoms with Crippen molar-refractivity contribution in [1.82, 2.24) is 4.90 Å². The Hall–Kier alpha value is -2.64. The summed E-state index contributed by atoms with van der Waals surface area (Å²) in [5.74, 6) is 0.700. The molecule has 2 aromatic carbocycles. The van der Waals surface area contributed by atoms with Crippen molar-refractivity contribution in [3.63, 3.8) is 0 Å². The SMILES string of the molecule is CCCN(CC(=O)Nc1c(C(C)C)cccc1C(C)C)Cc1ccc(C#N)cc1. The Bertz CT molecular complexity index is 821. The average Bonchev–Trinajstić information content (AvgIpc) is 2.68. The fraction of sp³-hybridized carbons (Fsp3) is 0.440. The average molecular weight is 392 g/mol. The van der Waals surface area contributed by atoms with E-state index < -0.39 is 0 Å². The van der Waals surface area contributed by atoms with Crippen LogP contribution >= 0.6 is 0 Å². The number of nitrogens with one attached hydrogen (secondary N) is 1. The molecule has 2 aromatic rings. The highest BCUT2D eigenvalue weighted by atomic mass is 16.2. The molecule has 0 aliphatic carbocycles. The Morgan fingerprint density at radius 1 is 1.03 bits per heavy atom. The Kier molecular flexibility index (Phi) is 8.42. The van der Waals surface area contributed by atoms with Gasteiger partial charge in [0.05, 0.1) is 18.2 Å². The molecule has 0 fully saturated rings. The molecule has 29 heavy (non-hydrogen) atoms. The number of carbonyl (C=O) groups is 1. The summed E-state index contributed by atoms with van der Waals surface area (Å²) in [5, 5.41) is 12.2. The van der Waals surface area contributed by atoms with E-state index >= 15 is 0 Å². The molecule has 0 atom stereocenters. The number of nitrogens with zero attached hydrogens (tertiary/aromatic N) is 2. The third-order valence-corrected chi connectivity index (χ3v) is 5.03. The maximum absolute atomic E-state index is 12.9. The van der Waals surface area contributed by atoms with E-state index in [0.717, 1.165) is 24.2 Å². The second kappa shape index (κ2) is 10.8. The van der Waals surface area contributed by atoms with Crippen LogP contribution in [0.15, 0.2) is 42.5 Å². The van der Waals surface area contributed by atoms with Crippen LogP contribution in [0.3, 0.4) is 0 Å². The number of anilines is 1. The summed E-state index contributed by atoms with van der Waals surface area (Å²) in [5.41, 5.74) is 5.09. The molecule has 0 spiro atoms. The van der Waals surface area contributed by atoms with Crippen molar-refractivity contribution in [3.8, 4) is 6.07 Å². The van der Waals surface area contributed by atoms with Crippen LogP contribution in [0.4, 0.5) is 5.69 Å². The van der Waals surface area contributed by atoms with Crippen LogP contribution in [0.5, 0.6) is 0 Å². The van der Waals surface area contributed by atoms with Crippen LogP contribution < -0.4 is 5.32 Å². The van der Waals surface area contributed by atoms with Gasteiger partial charge in [-0.15, -0.1) is 0 Å². The topological polar surface area (TPSA) is 56.1 Å². The number of para-hydroxylation sites is 1. The van der Waals surface area contributed by atoms with Crippen LogP contribution in [-0.4, -0.2) is 23.9 Å². The van der Waals surface area contributed by atoms with Gasteiger partial charge in [0.1, 0.15) is 0 Å². The molecule has 1 N–H and O–H groups in total. The Balaban J connectivity index is 2.15. The highest BCUT2D eigenvalue weighted by Gasteiger charge is 2.17. The normalized spacial score (nSPS) is 11.1. The first-order valence-corrected chi connectivity index (χ1v) is 10.5. The molecule has 2 rings (SSSR count). The third-order valence-electron chi connectivity index (χ3n) is 5.03. The molecule has 0 aromatic heterocycles. The predicted molar refractivity (Wildman–Crippen MR) is 120 cm³/mol. The molecule has 0 heterocycles. The van der Waals surface area contributed by atoms with E-state index in [4.69, 9.17) is 5.26 Å². The monoisotopic (exact) mass is 391 g/mol. The lowest BCUT2D eigenvalue weighted by molar-refractivity contribution is -0.117. The van der Waals surface area contributed by atoms with E-state index in [-0.39, 0.29) is 5.91 Å². The Morgan fingerprint density at radius 2 is 1.62 bits per heavy atom. The highest BCUT2D eigenvalue weighted by molar-refractivity contribution is 5.94. The first kappa shape index (κ1) is 22.6. The number of benzene rings is 2. The van der Waals surface area contributed by atoms with Crippen molar-refractivity contribution in [2.75, 3.05) is 18.4 Å². The Labute approximate surface area is 175 Å². The van der Waals surface area contributed by atoms with Gasteiger partial charge in [0, 0.05) is 12.2 Å². The van der Waals surface area contributed by atoms with E-state index in [1.54, 1.807) is 0 Å². The number of nitriles is 1. The van der Waals surface area contributed by atoms with Crippen molar-refractivity contribution in [3.05, 3.63) is 64.7 Å². The van der Waals surface area contributed by atoms with Gasteiger partial charge in [0.2, 0.25) is 5.91 Å². The van der Waals surface area contributed by atoms with Gasteiger partial charge in [-0.25, -0.2) is 0 Å². The predicted octanol–water partition coefficient (Wildman–Crippen LogP) is 5.66. The molecule has 0 aliphatic heterocycles. The van der Waals surface area contributed by atoms with Crippen molar-refractivity contribution in [1.29, 1.82) is 5.26 Å². The first-order valence-electron chi connectivity index (χ1n) is 10.5. The lowest BCUT2D eigenvalue weighted by Gasteiger charge is -2.24. The lowest BCUT2D eigenvalue weighted by atomic mass is 9.92. The Morgan fingerprint density at radius 3 is 2.10 bits per heavy atom. The molecular formula is C25H33N3O. The minimum Gasteiger partial charge on any atom is -0.324 e. The summed E-state index contributed by atoms with van der Waals surface area (Å²) < 4.78 is 0.